The lowest BCUT2D eigenvalue weighted by Crippen LogP contribution is -2.17. The fraction of sp³-hybridized carbons (Fsp3) is 0.0455. The third kappa shape index (κ3) is 3.05. The average Bonchev–Trinajstić information content (AvgIpc) is 2.68. The van der Waals surface area contributed by atoms with Gasteiger partial charge in [-0.1, -0.05) is 48.5 Å². The molecule has 1 amide bonds. The number of amides is 1. The molecule has 1 aromatic heterocycles. The molecule has 0 atom stereocenters. The van der Waals surface area contributed by atoms with Crippen LogP contribution in [-0.2, 0) is 0 Å². The Morgan fingerprint density at radius 3 is 2.23 bits per heavy atom. The highest BCUT2D eigenvalue weighted by atomic mass is 16.2. The Hall–Kier alpha value is -3.53. The summed E-state index contributed by atoms with van der Waals surface area (Å²) in [5.74, 6) is -0.279. The molecule has 0 saturated carbocycles. The quantitative estimate of drug-likeness (QED) is 0.340. The monoisotopic (exact) mass is 339 g/mol. The summed E-state index contributed by atoms with van der Waals surface area (Å²) in [5.41, 5.74) is 4.92. The summed E-state index contributed by atoms with van der Waals surface area (Å²) < 4.78 is 0. The van der Waals surface area contributed by atoms with Crippen LogP contribution in [0.5, 0.6) is 0 Å². The molecule has 4 aromatic rings. The predicted molar refractivity (Wildman–Crippen MR) is 105 cm³/mol. The van der Waals surface area contributed by atoms with Crippen LogP contribution in [0.2, 0.25) is 0 Å². The maximum Gasteiger partial charge on any atom is 0.272 e. The number of fused-ring (bicyclic) bond motifs is 2. The number of hydrogen-bond acceptors (Lipinski definition) is 3. The Bertz CT molecular complexity index is 1080. The smallest absolute Gasteiger partial charge is 0.267 e. The van der Waals surface area contributed by atoms with E-state index in [4.69, 9.17) is 0 Å². The zero-order chi connectivity index (χ0) is 17.9. The lowest BCUT2D eigenvalue weighted by atomic mass is 9.97. The number of benzene rings is 3. The molecule has 4 heteroatoms. The lowest BCUT2D eigenvalue weighted by Gasteiger charge is -2.08. The molecule has 126 valence electrons. The van der Waals surface area contributed by atoms with Gasteiger partial charge in [-0.2, -0.15) is 5.10 Å². The second kappa shape index (κ2) is 6.76. The van der Waals surface area contributed by atoms with Crippen LogP contribution in [-0.4, -0.2) is 17.1 Å². The first-order chi connectivity index (χ1) is 12.7. The van der Waals surface area contributed by atoms with Gasteiger partial charge in [-0.15, -0.1) is 0 Å². The zero-order valence-electron chi connectivity index (χ0n) is 14.3. The van der Waals surface area contributed by atoms with E-state index in [1.165, 1.54) is 0 Å². The number of hydrazone groups is 1. The van der Waals surface area contributed by atoms with Gasteiger partial charge in [-0.05, 0) is 46.7 Å². The summed E-state index contributed by atoms with van der Waals surface area (Å²) >= 11 is 0. The number of pyridine rings is 1. The van der Waals surface area contributed by atoms with Crippen LogP contribution in [0.15, 0.2) is 78.0 Å². The maximum absolute atomic E-state index is 12.2. The molecule has 0 fully saturated rings. The molecular weight excluding hydrogens is 322 g/mol. The van der Waals surface area contributed by atoms with E-state index < -0.39 is 0 Å². The van der Waals surface area contributed by atoms with Crippen molar-refractivity contribution in [3.05, 3.63) is 89.7 Å². The van der Waals surface area contributed by atoms with Gasteiger partial charge >= 0.3 is 0 Å². The Balaban J connectivity index is 1.70. The molecule has 4 nitrogen and oxygen atoms in total. The van der Waals surface area contributed by atoms with Gasteiger partial charge in [0.1, 0.15) is 0 Å². The fourth-order valence-corrected chi connectivity index (χ4v) is 3.01. The highest BCUT2D eigenvalue weighted by Gasteiger charge is 2.07. The highest BCUT2D eigenvalue weighted by Crippen LogP contribution is 2.27. The Labute approximate surface area is 151 Å². The number of nitrogens with one attached hydrogen (secondary N) is 1. The molecule has 0 saturated heterocycles. The van der Waals surface area contributed by atoms with Crippen molar-refractivity contribution in [2.45, 2.75) is 6.92 Å². The summed E-state index contributed by atoms with van der Waals surface area (Å²) in [4.78, 5) is 16.3. The molecule has 3 aromatic carbocycles. The fourth-order valence-electron chi connectivity index (χ4n) is 3.01. The minimum Gasteiger partial charge on any atom is -0.267 e. The molecule has 0 aliphatic rings. The van der Waals surface area contributed by atoms with Crippen LogP contribution >= 0.6 is 0 Å². The van der Waals surface area contributed by atoms with Crippen molar-refractivity contribution < 1.29 is 4.79 Å². The number of rotatable bonds is 3. The third-order valence-electron chi connectivity index (χ3n) is 4.35. The van der Waals surface area contributed by atoms with Gasteiger partial charge in [-0.3, -0.25) is 9.78 Å². The molecule has 4 rings (SSSR count). The van der Waals surface area contributed by atoms with Gasteiger partial charge in [0, 0.05) is 17.5 Å². The van der Waals surface area contributed by atoms with Crippen molar-refractivity contribution >= 4 is 33.7 Å². The van der Waals surface area contributed by atoms with Crippen LogP contribution in [0.25, 0.3) is 21.5 Å². The molecule has 0 aliphatic heterocycles. The number of nitrogens with zero attached hydrogens (tertiary/aromatic N) is 2. The van der Waals surface area contributed by atoms with E-state index >= 15 is 0 Å². The normalized spacial score (nSPS) is 11.3. The molecule has 26 heavy (non-hydrogen) atoms. The van der Waals surface area contributed by atoms with E-state index in [-0.39, 0.29) is 5.91 Å². The number of carbonyl (C=O) groups is 1. The number of aryl methyl sites for hydroxylation is 1. The lowest BCUT2D eigenvalue weighted by molar-refractivity contribution is 0.0955. The first-order valence-electron chi connectivity index (χ1n) is 8.39. The molecule has 1 N–H and O–H groups in total. The van der Waals surface area contributed by atoms with Gasteiger partial charge in [-0.25, -0.2) is 5.43 Å². The van der Waals surface area contributed by atoms with E-state index in [0.717, 1.165) is 32.8 Å². The molecule has 0 spiro atoms. The zero-order valence-corrected chi connectivity index (χ0v) is 14.3. The number of aromatic nitrogens is 1. The van der Waals surface area contributed by atoms with Crippen LogP contribution in [0.1, 0.15) is 21.6 Å². The summed E-state index contributed by atoms with van der Waals surface area (Å²) in [6.07, 6.45) is 3.26. The van der Waals surface area contributed by atoms with E-state index in [1.807, 2.05) is 31.2 Å². The van der Waals surface area contributed by atoms with Crippen molar-refractivity contribution in [3.8, 4) is 0 Å². The minimum atomic E-state index is -0.279. The van der Waals surface area contributed by atoms with Gasteiger partial charge in [0.15, 0.2) is 0 Å². The first kappa shape index (κ1) is 16.0. The topological polar surface area (TPSA) is 54.4 Å². The van der Waals surface area contributed by atoms with Crippen molar-refractivity contribution in [2.75, 3.05) is 0 Å². The SMILES string of the molecule is Cc1ccc(C(=O)NN=Cc2c3ccccc3cc3ccccc23)cn1. The van der Waals surface area contributed by atoms with Crippen LogP contribution in [0.4, 0.5) is 0 Å². The Morgan fingerprint density at radius 2 is 1.62 bits per heavy atom. The van der Waals surface area contributed by atoms with Gasteiger partial charge in [0.25, 0.3) is 5.91 Å². The van der Waals surface area contributed by atoms with Crippen molar-refractivity contribution in [3.63, 3.8) is 0 Å². The van der Waals surface area contributed by atoms with E-state index in [1.54, 1.807) is 24.5 Å². The van der Waals surface area contributed by atoms with Crippen molar-refractivity contribution in [1.82, 2.24) is 10.4 Å². The average molecular weight is 339 g/mol. The van der Waals surface area contributed by atoms with Gasteiger partial charge < -0.3 is 0 Å². The Kier molecular flexibility index (Phi) is 4.15. The maximum atomic E-state index is 12.2. The number of hydrogen-bond donors (Lipinski definition) is 1. The molecule has 0 bridgehead atoms. The summed E-state index contributed by atoms with van der Waals surface area (Å²) in [6.45, 7) is 1.88. The molecule has 0 radical (unpaired) electrons. The number of carbonyl (C=O) groups excluding carboxylic acids is 1. The van der Waals surface area contributed by atoms with Crippen LogP contribution < -0.4 is 5.43 Å². The largest absolute Gasteiger partial charge is 0.272 e. The van der Waals surface area contributed by atoms with Crippen molar-refractivity contribution in [1.29, 1.82) is 0 Å². The molecular formula is C22H17N3O. The van der Waals surface area contributed by atoms with E-state index in [0.29, 0.717) is 5.56 Å². The highest BCUT2D eigenvalue weighted by molar-refractivity contribution is 6.13. The van der Waals surface area contributed by atoms with Gasteiger partial charge in [0.2, 0.25) is 0 Å². The van der Waals surface area contributed by atoms with Crippen LogP contribution in [0.3, 0.4) is 0 Å². The standard InChI is InChI=1S/C22H17N3O/c1-15-10-11-18(13-23-15)22(26)25-24-14-21-19-8-4-2-6-16(19)12-17-7-3-5-9-20(17)21/h2-14H,1H3,(H,25,26). The second-order valence-corrected chi connectivity index (χ2v) is 6.12. The third-order valence-corrected chi connectivity index (χ3v) is 4.35. The second-order valence-electron chi connectivity index (χ2n) is 6.12. The summed E-state index contributed by atoms with van der Waals surface area (Å²) in [5, 5.41) is 8.67. The van der Waals surface area contributed by atoms with Gasteiger partial charge in [0.05, 0.1) is 11.8 Å². The summed E-state index contributed by atoms with van der Waals surface area (Å²) in [6, 6.07) is 22.0. The minimum absolute atomic E-state index is 0.279. The summed E-state index contributed by atoms with van der Waals surface area (Å²) in [7, 11) is 0. The molecule has 0 aliphatic carbocycles. The first-order valence-corrected chi connectivity index (χ1v) is 8.39. The molecule has 1 heterocycles. The van der Waals surface area contributed by atoms with Crippen LogP contribution in [0, 0.1) is 6.92 Å². The predicted octanol–water partition coefficient (Wildman–Crippen LogP) is 4.46. The van der Waals surface area contributed by atoms with E-state index in [2.05, 4.69) is 45.8 Å². The Morgan fingerprint density at radius 1 is 0.962 bits per heavy atom. The van der Waals surface area contributed by atoms with Crippen molar-refractivity contribution in [2.24, 2.45) is 5.10 Å². The van der Waals surface area contributed by atoms with E-state index in [9.17, 15) is 4.79 Å². The molecule has 0 unspecified atom stereocenters.